The summed E-state index contributed by atoms with van der Waals surface area (Å²) in [6, 6.07) is 0.830. The lowest BCUT2D eigenvalue weighted by Gasteiger charge is -2.32. The number of nitrogens with one attached hydrogen (secondary N) is 1. The summed E-state index contributed by atoms with van der Waals surface area (Å²) in [5.74, 6) is 0.942. The second kappa shape index (κ2) is 4.89. The van der Waals surface area contributed by atoms with Gasteiger partial charge in [-0.3, -0.25) is 0 Å². The maximum atomic E-state index is 5.90. The smallest absolute Gasteiger partial charge is 0.0598 e. The predicted molar refractivity (Wildman–Crippen MR) is 72.2 cm³/mol. The lowest BCUT2D eigenvalue weighted by molar-refractivity contribution is -0.0195. The first-order valence-electron chi connectivity index (χ1n) is 7.26. The monoisotopic (exact) mass is 239 g/mol. The third-order valence-corrected chi connectivity index (χ3v) is 4.14. The Kier molecular flexibility index (Phi) is 3.84. The van der Waals surface area contributed by atoms with Crippen LogP contribution in [0.25, 0.3) is 0 Å². The van der Waals surface area contributed by atoms with Gasteiger partial charge in [-0.15, -0.1) is 0 Å². The number of ether oxygens (including phenoxy) is 1. The first-order chi connectivity index (χ1) is 7.89. The summed E-state index contributed by atoms with van der Waals surface area (Å²) in [6.07, 6.45) is 6.84. The van der Waals surface area contributed by atoms with Gasteiger partial charge in [0.2, 0.25) is 0 Å². The molecule has 2 aliphatic rings. The SMILES string of the molecule is CC(C)(C)OCCC(C)(CNC1CC1)C1CC1. The van der Waals surface area contributed by atoms with Gasteiger partial charge in [0.15, 0.2) is 0 Å². The van der Waals surface area contributed by atoms with Crippen LogP contribution < -0.4 is 5.32 Å². The van der Waals surface area contributed by atoms with E-state index in [0.29, 0.717) is 5.41 Å². The fourth-order valence-corrected chi connectivity index (χ4v) is 2.47. The van der Waals surface area contributed by atoms with E-state index in [2.05, 4.69) is 33.0 Å². The van der Waals surface area contributed by atoms with Gasteiger partial charge < -0.3 is 10.1 Å². The topological polar surface area (TPSA) is 21.3 Å². The summed E-state index contributed by atoms with van der Waals surface area (Å²) in [5, 5.41) is 3.71. The minimum atomic E-state index is 0.00832. The van der Waals surface area contributed by atoms with Gasteiger partial charge in [-0.2, -0.15) is 0 Å². The van der Waals surface area contributed by atoms with Crippen molar-refractivity contribution in [3.8, 4) is 0 Å². The molecule has 2 nitrogen and oxygen atoms in total. The maximum absolute atomic E-state index is 5.90. The molecule has 0 aromatic carbocycles. The Morgan fingerprint density at radius 3 is 2.18 bits per heavy atom. The minimum absolute atomic E-state index is 0.00832. The molecule has 1 atom stereocenters. The molecule has 0 amide bonds. The first-order valence-corrected chi connectivity index (χ1v) is 7.26. The number of hydrogen-bond acceptors (Lipinski definition) is 2. The molecular weight excluding hydrogens is 210 g/mol. The summed E-state index contributed by atoms with van der Waals surface area (Å²) in [7, 11) is 0. The van der Waals surface area contributed by atoms with E-state index in [-0.39, 0.29) is 5.60 Å². The number of rotatable bonds is 7. The molecule has 2 rings (SSSR count). The molecule has 0 bridgehead atoms. The highest BCUT2D eigenvalue weighted by molar-refractivity contribution is 4.94. The van der Waals surface area contributed by atoms with Crippen LogP contribution in [0, 0.1) is 11.3 Å². The normalized spacial score (nSPS) is 24.7. The third kappa shape index (κ3) is 4.59. The highest BCUT2D eigenvalue weighted by atomic mass is 16.5. The molecule has 1 unspecified atom stereocenters. The van der Waals surface area contributed by atoms with Crippen LogP contribution in [0.15, 0.2) is 0 Å². The van der Waals surface area contributed by atoms with Crippen molar-refractivity contribution in [1.82, 2.24) is 5.32 Å². The van der Waals surface area contributed by atoms with Crippen LogP contribution in [0.3, 0.4) is 0 Å². The van der Waals surface area contributed by atoms with E-state index in [1.54, 1.807) is 0 Å². The van der Waals surface area contributed by atoms with Crippen LogP contribution in [-0.2, 0) is 4.74 Å². The van der Waals surface area contributed by atoms with E-state index < -0.39 is 0 Å². The first kappa shape index (κ1) is 13.4. The van der Waals surface area contributed by atoms with Gasteiger partial charge >= 0.3 is 0 Å². The van der Waals surface area contributed by atoms with Crippen LogP contribution in [0.4, 0.5) is 0 Å². The van der Waals surface area contributed by atoms with Gasteiger partial charge in [0.1, 0.15) is 0 Å². The Morgan fingerprint density at radius 1 is 1.06 bits per heavy atom. The molecule has 0 aromatic rings. The highest BCUT2D eigenvalue weighted by Crippen LogP contribution is 2.47. The summed E-state index contributed by atoms with van der Waals surface area (Å²) in [5.41, 5.74) is 0.474. The Balaban J connectivity index is 1.74. The third-order valence-electron chi connectivity index (χ3n) is 4.14. The van der Waals surface area contributed by atoms with Crippen molar-refractivity contribution in [2.24, 2.45) is 11.3 Å². The predicted octanol–water partition coefficient (Wildman–Crippen LogP) is 3.36. The molecule has 100 valence electrons. The summed E-state index contributed by atoms with van der Waals surface area (Å²) in [4.78, 5) is 0. The lowest BCUT2D eigenvalue weighted by atomic mass is 9.81. The molecule has 0 spiro atoms. The van der Waals surface area contributed by atoms with Gasteiger partial charge in [0.25, 0.3) is 0 Å². The lowest BCUT2D eigenvalue weighted by Crippen LogP contribution is -2.36. The zero-order valence-corrected chi connectivity index (χ0v) is 12.0. The van der Waals surface area contributed by atoms with Gasteiger partial charge in [-0.1, -0.05) is 6.92 Å². The molecule has 0 saturated heterocycles. The average molecular weight is 239 g/mol. The average Bonchev–Trinajstić information content (AvgIpc) is 3.04. The summed E-state index contributed by atoms with van der Waals surface area (Å²) in [6.45, 7) is 11.0. The van der Waals surface area contributed by atoms with Crippen LogP contribution in [-0.4, -0.2) is 24.8 Å². The maximum Gasteiger partial charge on any atom is 0.0598 e. The Bertz CT molecular complexity index is 250. The molecule has 0 aliphatic heterocycles. The fourth-order valence-electron chi connectivity index (χ4n) is 2.47. The van der Waals surface area contributed by atoms with Crippen molar-refractivity contribution in [2.75, 3.05) is 13.2 Å². The molecule has 1 N–H and O–H groups in total. The van der Waals surface area contributed by atoms with E-state index in [1.165, 1.54) is 38.6 Å². The minimum Gasteiger partial charge on any atom is -0.376 e. The standard InChI is InChI=1S/C15H29NO/c1-14(2,3)17-10-9-15(4,12-5-6-12)11-16-13-7-8-13/h12-13,16H,5-11H2,1-4H3. The second-order valence-electron chi connectivity index (χ2n) is 7.29. The fraction of sp³-hybridized carbons (Fsp3) is 1.00. The molecule has 17 heavy (non-hydrogen) atoms. The van der Waals surface area contributed by atoms with E-state index in [4.69, 9.17) is 4.74 Å². The molecule has 2 heteroatoms. The Labute approximate surface area is 107 Å². The van der Waals surface area contributed by atoms with Gasteiger partial charge in [-0.25, -0.2) is 0 Å². The van der Waals surface area contributed by atoms with Crippen LogP contribution in [0.5, 0.6) is 0 Å². The van der Waals surface area contributed by atoms with E-state index in [0.717, 1.165) is 18.6 Å². The van der Waals surface area contributed by atoms with Crippen molar-refractivity contribution < 1.29 is 4.74 Å². The Hall–Kier alpha value is -0.0800. The summed E-state index contributed by atoms with van der Waals surface area (Å²) >= 11 is 0. The van der Waals surface area contributed by atoms with Crippen LogP contribution in [0.2, 0.25) is 0 Å². The molecule has 2 aliphatic carbocycles. The van der Waals surface area contributed by atoms with E-state index >= 15 is 0 Å². The van der Waals surface area contributed by atoms with Gasteiger partial charge in [-0.05, 0) is 64.2 Å². The zero-order valence-electron chi connectivity index (χ0n) is 12.0. The second-order valence-corrected chi connectivity index (χ2v) is 7.29. The van der Waals surface area contributed by atoms with Crippen LogP contribution >= 0.6 is 0 Å². The van der Waals surface area contributed by atoms with Crippen molar-refractivity contribution >= 4 is 0 Å². The van der Waals surface area contributed by atoms with Crippen LogP contribution in [0.1, 0.15) is 59.8 Å². The molecule has 2 saturated carbocycles. The molecule has 0 heterocycles. The Morgan fingerprint density at radius 2 is 1.71 bits per heavy atom. The van der Waals surface area contributed by atoms with Crippen molar-refractivity contribution in [1.29, 1.82) is 0 Å². The number of hydrogen-bond donors (Lipinski definition) is 1. The van der Waals surface area contributed by atoms with Crippen molar-refractivity contribution in [3.05, 3.63) is 0 Å². The van der Waals surface area contributed by atoms with Crippen molar-refractivity contribution in [3.63, 3.8) is 0 Å². The molecular formula is C15H29NO. The van der Waals surface area contributed by atoms with E-state index in [9.17, 15) is 0 Å². The van der Waals surface area contributed by atoms with Crippen molar-refractivity contribution in [2.45, 2.75) is 71.4 Å². The quantitative estimate of drug-likeness (QED) is 0.735. The summed E-state index contributed by atoms with van der Waals surface area (Å²) < 4.78 is 5.90. The highest BCUT2D eigenvalue weighted by Gasteiger charge is 2.41. The van der Waals surface area contributed by atoms with Gasteiger partial charge in [0.05, 0.1) is 5.60 Å². The molecule has 0 radical (unpaired) electrons. The molecule has 0 aromatic heterocycles. The zero-order chi connectivity index (χ0) is 12.5. The van der Waals surface area contributed by atoms with E-state index in [1.807, 2.05) is 0 Å². The molecule has 2 fully saturated rings. The largest absolute Gasteiger partial charge is 0.376 e. The van der Waals surface area contributed by atoms with Gasteiger partial charge in [0, 0.05) is 19.2 Å².